The molecule has 2 heterocycles. The number of fused-ring (bicyclic) bond motifs is 1. The van der Waals surface area contributed by atoms with E-state index in [0.717, 1.165) is 22.3 Å². The van der Waals surface area contributed by atoms with Gasteiger partial charge in [-0.1, -0.05) is 6.07 Å². The van der Waals surface area contributed by atoms with E-state index in [4.69, 9.17) is 0 Å². The van der Waals surface area contributed by atoms with E-state index in [0.29, 0.717) is 10.7 Å². The second-order valence-electron chi connectivity index (χ2n) is 5.79. The molecule has 6 nitrogen and oxygen atoms in total. The molecule has 0 saturated carbocycles. The number of phenols is 1. The summed E-state index contributed by atoms with van der Waals surface area (Å²) in [5.41, 5.74) is 2.52. The summed E-state index contributed by atoms with van der Waals surface area (Å²) in [5, 5.41) is 14.9. The van der Waals surface area contributed by atoms with Crippen molar-refractivity contribution in [2.24, 2.45) is 0 Å². The maximum Gasteiger partial charge on any atom is 0.151 e. The van der Waals surface area contributed by atoms with Crippen LogP contribution in [0.3, 0.4) is 0 Å². The topological polar surface area (TPSA) is 80.0 Å². The Balaban J connectivity index is 0.00000210. The molecule has 1 unspecified atom stereocenters. The van der Waals surface area contributed by atoms with Crippen molar-refractivity contribution in [3.8, 4) is 11.4 Å². The molecule has 0 fully saturated rings. The Morgan fingerprint density at radius 3 is 2.63 bits per heavy atom. The summed E-state index contributed by atoms with van der Waals surface area (Å²) in [4.78, 5) is 4.94. The molecular weight excluding hydrogens is 532 g/mol. The Kier molecular flexibility index (Phi) is 5.73. The predicted molar refractivity (Wildman–Crippen MR) is 102 cm³/mol. The molecular formula is C19H16N4O2SW. The van der Waals surface area contributed by atoms with Gasteiger partial charge in [-0.2, -0.15) is 5.10 Å². The van der Waals surface area contributed by atoms with Gasteiger partial charge in [0.15, 0.2) is 11.0 Å². The Labute approximate surface area is 173 Å². The van der Waals surface area contributed by atoms with Gasteiger partial charge in [-0.15, -0.1) is 0 Å². The van der Waals surface area contributed by atoms with Crippen LogP contribution in [0.4, 0.5) is 5.82 Å². The summed E-state index contributed by atoms with van der Waals surface area (Å²) in [6.45, 7) is 1.88. The predicted octanol–water partition coefficient (Wildman–Crippen LogP) is 3.57. The van der Waals surface area contributed by atoms with Crippen LogP contribution in [0.2, 0.25) is 0 Å². The molecule has 2 aromatic heterocycles. The minimum Gasteiger partial charge on any atom is -0.508 e. The summed E-state index contributed by atoms with van der Waals surface area (Å²) in [6.07, 6.45) is 1.75. The Bertz CT molecular complexity index is 1110. The third-order valence-electron chi connectivity index (χ3n) is 3.93. The summed E-state index contributed by atoms with van der Waals surface area (Å²) in [5.74, 6) is 0.750. The summed E-state index contributed by atoms with van der Waals surface area (Å²) in [6, 6.07) is 17.8. The zero-order chi connectivity index (χ0) is 18.1. The zero-order valence-electron chi connectivity index (χ0n) is 14.4. The van der Waals surface area contributed by atoms with Crippen molar-refractivity contribution in [3.05, 3.63) is 72.6 Å². The van der Waals surface area contributed by atoms with Gasteiger partial charge >= 0.3 is 0 Å². The van der Waals surface area contributed by atoms with Gasteiger partial charge in [0.2, 0.25) is 0 Å². The molecule has 4 rings (SSSR count). The monoisotopic (exact) mass is 548 g/mol. The van der Waals surface area contributed by atoms with Gasteiger partial charge in [-0.25, -0.2) is 8.89 Å². The van der Waals surface area contributed by atoms with Gasteiger partial charge in [0.25, 0.3) is 0 Å². The molecule has 0 amide bonds. The number of phenolic OH excluding ortho intramolecular Hbond substituents is 1. The number of aromatic hydroxyl groups is 1. The molecule has 0 aliphatic carbocycles. The molecule has 0 radical (unpaired) electrons. The number of rotatable bonds is 4. The largest absolute Gasteiger partial charge is 0.508 e. The van der Waals surface area contributed by atoms with Crippen molar-refractivity contribution in [1.29, 1.82) is 0 Å². The van der Waals surface area contributed by atoms with Gasteiger partial charge in [-0.3, -0.25) is 9.71 Å². The fourth-order valence-corrected chi connectivity index (χ4v) is 3.59. The number of aryl methyl sites for hydroxylation is 1. The quantitative estimate of drug-likeness (QED) is 0.409. The molecule has 4 aromatic rings. The first-order valence-corrected chi connectivity index (χ1v) is 9.15. The van der Waals surface area contributed by atoms with E-state index in [-0.39, 0.29) is 26.8 Å². The number of anilines is 1. The molecule has 0 bridgehead atoms. The van der Waals surface area contributed by atoms with Crippen molar-refractivity contribution in [1.82, 2.24) is 14.8 Å². The van der Waals surface area contributed by atoms with E-state index in [9.17, 15) is 9.32 Å². The molecule has 1 atom stereocenters. The van der Waals surface area contributed by atoms with Crippen LogP contribution in [0.15, 0.2) is 71.8 Å². The van der Waals surface area contributed by atoms with E-state index in [2.05, 4.69) is 14.8 Å². The third-order valence-corrected chi connectivity index (χ3v) is 5.03. The normalized spacial score (nSPS) is 11.7. The maximum atomic E-state index is 12.6. The third kappa shape index (κ3) is 3.94. The van der Waals surface area contributed by atoms with Gasteiger partial charge in [0, 0.05) is 38.7 Å². The van der Waals surface area contributed by atoms with Crippen molar-refractivity contribution in [3.63, 3.8) is 0 Å². The van der Waals surface area contributed by atoms with Crippen LogP contribution in [-0.2, 0) is 32.1 Å². The van der Waals surface area contributed by atoms with E-state index in [1.807, 2.05) is 43.3 Å². The minimum atomic E-state index is -1.48. The Morgan fingerprint density at radius 1 is 1.07 bits per heavy atom. The van der Waals surface area contributed by atoms with Gasteiger partial charge in [0.1, 0.15) is 11.6 Å². The summed E-state index contributed by atoms with van der Waals surface area (Å²) in [7, 11) is -1.48. The van der Waals surface area contributed by atoms with E-state index < -0.39 is 11.0 Å². The van der Waals surface area contributed by atoms with Crippen molar-refractivity contribution < 1.29 is 30.4 Å². The van der Waals surface area contributed by atoms with Gasteiger partial charge in [-0.05, 0) is 55.5 Å². The SMILES string of the molecule is Cc1cc(NS(=O)c2ccc(O)cc2)n(-c2cccc3ncccc23)n1.[W]. The fraction of sp³-hybridized carbons (Fsp3) is 0.0526. The molecule has 2 aromatic carbocycles. The average Bonchev–Trinajstić information content (AvgIpc) is 3.01. The van der Waals surface area contributed by atoms with Gasteiger partial charge in [0.05, 0.1) is 21.8 Å². The van der Waals surface area contributed by atoms with Crippen LogP contribution < -0.4 is 4.72 Å². The summed E-state index contributed by atoms with van der Waals surface area (Å²) >= 11 is 0. The van der Waals surface area contributed by atoms with Crippen LogP contribution >= 0.6 is 0 Å². The van der Waals surface area contributed by atoms with Crippen LogP contribution in [0.25, 0.3) is 16.6 Å². The molecule has 0 saturated heterocycles. The molecule has 0 spiro atoms. The van der Waals surface area contributed by atoms with Crippen molar-refractivity contribution in [2.75, 3.05) is 4.72 Å². The molecule has 0 aliphatic rings. The number of hydrogen-bond donors (Lipinski definition) is 2. The Morgan fingerprint density at radius 2 is 1.85 bits per heavy atom. The minimum absolute atomic E-state index is 0. The molecule has 27 heavy (non-hydrogen) atoms. The van der Waals surface area contributed by atoms with E-state index >= 15 is 0 Å². The molecule has 0 aliphatic heterocycles. The first-order chi connectivity index (χ1) is 12.6. The molecule has 2 N–H and O–H groups in total. The molecule has 136 valence electrons. The number of pyridine rings is 1. The maximum absolute atomic E-state index is 12.6. The van der Waals surface area contributed by atoms with Crippen molar-refractivity contribution in [2.45, 2.75) is 11.8 Å². The zero-order valence-corrected chi connectivity index (χ0v) is 18.1. The van der Waals surface area contributed by atoms with Crippen LogP contribution in [0, 0.1) is 6.92 Å². The Hall–Kier alpha value is -2.50. The number of aromatic nitrogens is 3. The van der Waals surface area contributed by atoms with Gasteiger partial charge < -0.3 is 5.11 Å². The average molecular weight is 548 g/mol. The van der Waals surface area contributed by atoms with Crippen molar-refractivity contribution >= 4 is 27.7 Å². The molecule has 8 heteroatoms. The fourth-order valence-electron chi connectivity index (χ4n) is 2.75. The second kappa shape index (κ2) is 8.03. The first-order valence-electron chi connectivity index (χ1n) is 8.00. The standard InChI is InChI=1S/C19H16N4O2S.W/c1-13-12-19(22-26(25)15-9-7-14(24)8-10-15)23(21-13)18-6-2-5-17-16(18)4-3-11-20-17;/h2-12,22,24H,1H3;. The number of nitrogens with zero attached hydrogens (tertiary/aromatic N) is 3. The number of benzene rings is 2. The smallest absolute Gasteiger partial charge is 0.151 e. The van der Waals surface area contributed by atoms with Crippen LogP contribution in [-0.4, -0.2) is 24.1 Å². The number of hydrogen-bond acceptors (Lipinski definition) is 4. The number of nitrogens with one attached hydrogen (secondary N) is 1. The van der Waals surface area contributed by atoms with Crippen LogP contribution in [0.1, 0.15) is 5.69 Å². The summed E-state index contributed by atoms with van der Waals surface area (Å²) < 4.78 is 17.4. The second-order valence-corrected chi connectivity index (χ2v) is 7.01. The van der Waals surface area contributed by atoms with E-state index in [1.165, 1.54) is 12.1 Å². The first kappa shape index (κ1) is 19.3. The van der Waals surface area contributed by atoms with E-state index in [1.54, 1.807) is 23.0 Å². The van der Waals surface area contributed by atoms with Crippen LogP contribution in [0.5, 0.6) is 5.75 Å².